The number of aryl methyl sites for hydroxylation is 1. The second-order valence-corrected chi connectivity index (χ2v) is 5.63. The molecule has 2 aromatic carbocycles. The predicted molar refractivity (Wildman–Crippen MR) is 91.5 cm³/mol. The van der Waals surface area contributed by atoms with Crippen molar-refractivity contribution in [1.29, 1.82) is 0 Å². The van der Waals surface area contributed by atoms with Gasteiger partial charge in [-0.25, -0.2) is 4.79 Å². The van der Waals surface area contributed by atoms with Gasteiger partial charge in [-0.1, -0.05) is 53.6 Å². The van der Waals surface area contributed by atoms with Crippen molar-refractivity contribution in [2.75, 3.05) is 0 Å². The summed E-state index contributed by atoms with van der Waals surface area (Å²) in [5, 5.41) is 0.627. The average Bonchev–Trinajstić information content (AvgIpc) is 2.54. The molecule has 0 aromatic heterocycles. The van der Waals surface area contributed by atoms with E-state index in [2.05, 4.69) is 0 Å². The molecule has 3 nitrogen and oxygen atoms in total. The number of hydrogen-bond acceptors (Lipinski definition) is 3. The number of carbonyl (C=O) groups excluding carboxylic acids is 2. The van der Waals surface area contributed by atoms with Crippen molar-refractivity contribution >= 4 is 29.4 Å². The number of halogens is 1. The number of benzene rings is 2. The van der Waals surface area contributed by atoms with Crippen LogP contribution in [0.2, 0.25) is 5.02 Å². The number of ketones is 1. The zero-order chi connectivity index (χ0) is 16.8. The van der Waals surface area contributed by atoms with Gasteiger partial charge in [0.15, 0.2) is 6.10 Å². The van der Waals surface area contributed by atoms with E-state index in [0.29, 0.717) is 10.6 Å². The van der Waals surface area contributed by atoms with Crippen LogP contribution in [0, 0.1) is 6.92 Å². The Morgan fingerprint density at radius 3 is 2.26 bits per heavy atom. The molecule has 2 rings (SSSR count). The quantitative estimate of drug-likeness (QED) is 0.462. The van der Waals surface area contributed by atoms with Crippen LogP contribution in [0.15, 0.2) is 54.6 Å². The van der Waals surface area contributed by atoms with Gasteiger partial charge in [0.1, 0.15) is 0 Å². The highest BCUT2D eigenvalue weighted by molar-refractivity contribution is 6.30. The van der Waals surface area contributed by atoms with Crippen LogP contribution in [0.25, 0.3) is 6.08 Å². The predicted octanol–water partition coefficient (Wildman–Crippen LogP) is 4.48. The van der Waals surface area contributed by atoms with Crippen molar-refractivity contribution < 1.29 is 14.3 Å². The normalized spacial score (nSPS) is 12.1. The van der Waals surface area contributed by atoms with E-state index in [4.69, 9.17) is 16.3 Å². The molecule has 0 amide bonds. The first-order valence-corrected chi connectivity index (χ1v) is 7.58. The molecular weight excluding hydrogens is 312 g/mol. The molecule has 0 fully saturated rings. The summed E-state index contributed by atoms with van der Waals surface area (Å²) in [5.41, 5.74) is 2.42. The maximum Gasteiger partial charge on any atom is 0.331 e. The lowest BCUT2D eigenvalue weighted by atomic mass is 10.1. The van der Waals surface area contributed by atoms with Gasteiger partial charge in [0.2, 0.25) is 5.78 Å². The molecule has 23 heavy (non-hydrogen) atoms. The monoisotopic (exact) mass is 328 g/mol. The molecule has 2 aromatic rings. The summed E-state index contributed by atoms with van der Waals surface area (Å²) in [4.78, 5) is 24.0. The maximum atomic E-state index is 12.2. The minimum atomic E-state index is -0.833. The van der Waals surface area contributed by atoms with E-state index in [1.807, 2.05) is 19.1 Å². The third-order valence-electron chi connectivity index (χ3n) is 3.28. The smallest absolute Gasteiger partial charge is 0.331 e. The summed E-state index contributed by atoms with van der Waals surface area (Å²) in [6.07, 6.45) is 2.07. The molecule has 0 bridgehead atoms. The summed E-state index contributed by atoms with van der Waals surface area (Å²) in [6, 6.07) is 14.2. The highest BCUT2D eigenvalue weighted by Gasteiger charge is 2.18. The summed E-state index contributed by atoms with van der Waals surface area (Å²) in [5.74, 6) is -0.786. The molecule has 0 unspecified atom stereocenters. The number of rotatable bonds is 5. The molecule has 0 saturated heterocycles. The third-order valence-corrected chi connectivity index (χ3v) is 3.53. The fraction of sp³-hybridized carbons (Fsp3) is 0.158. The Bertz CT molecular complexity index is 715. The largest absolute Gasteiger partial charge is 0.451 e. The van der Waals surface area contributed by atoms with Crippen LogP contribution in [-0.2, 0) is 9.53 Å². The fourth-order valence-corrected chi connectivity index (χ4v) is 2.08. The highest BCUT2D eigenvalue weighted by atomic mass is 35.5. The molecule has 1 atom stereocenters. The zero-order valence-electron chi connectivity index (χ0n) is 13.0. The fourth-order valence-electron chi connectivity index (χ4n) is 1.96. The van der Waals surface area contributed by atoms with Gasteiger partial charge >= 0.3 is 5.97 Å². The first-order chi connectivity index (χ1) is 11.0. The van der Waals surface area contributed by atoms with E-state index in [1.165, 1.54) is 6.08 Å². The molecule has 118 valence electrons. The minimum absolute atomic E-state index is 0.224. The van der Waals surface area contributed by atoms with Gasteiger partial charge in [0.25, 0.3) is 0 Å². The first kappa shape index (κ1) is 17.0. The third kappa shape index (κ3) is 5.08. The first-order valence-electron chi connectivity index (χ1n) is 7.21. The second kappa shape index (κ2) is 7.75. The Morgan fingerprint density at radius 2 is 1.65 bits per heavy atom. The van der Waals surface area contributed by atoms with Crippen molar-refractivity contribution in [3.63, 3.8) is 0 Å². The minimum Gasteiger partial charge on any atom is -0.451 e. The van der Waals surface area contributed by atoms with Crippen LogP contribution in [-0.4, -0.2) is 17.9 Å². The van der Waals surface area contributed by atoms with Crippen LogP contribution in [0.4, 0.5) is 0 Å². The standard InChI is InChI=1S/C19H17ClO3/c1-13-3-8-16(9-4-13)19(22)14(2)23-18(21)12-7-15-5-10-17(20)11-6-15/h3-12,14H,1-2H3/b12-7+/t14-/m0/s1. The Hall–Kier alpha value is -2.39. The molecule has 0 aliphatic heterocycles. The summed E-state index contributed by atoms with van der Waals surface area (Å²) in [6.45, 7) is 3.51. The van der Waals surface area contributed by atoms with Crippen LogP contribution < -0.4 is 0 Å². The van der Waals surface area contributed by atoms with Gasteiger partial charge < -0.3 is 4.74 Å². The zero-order valence-corrected chi connectivity index (χ0v) is 13.7. The van der Waals surface area contributed by atoms with E-state index in [1.54, 1.807) is 49.4 Å². The summed E-state index contributed by atoms with van der Waals surface area (Å²) < 4.78 is 5.14. The van der Waals surface area contributed by atoms with E-state index in [-0.39, 0.29) is 5.78 Å². The number of Topliss-reactive ketones (excluding diaryl/α,β-unsaturated/α-hetero) is 1. The van der Waals surface area contributed by atoms with Gasteiger partial charge in [-0.15, -0.1) is 0 Å². The van der Waals surface area contributed by atoms with Crippen LogP contribution >= 0.6 is 11.6 Å². The molecule has 0 spiro atoms. The van der Waals surface area contributed by atoms with Gasteiger partial charge in [0.05, 0.1) is 0 Å². The topological polar surface area (TPSA) is 43.4 Å². The van der Waals surface area contributed by atoms with Crippen LogP contribution in [0.5, 0.6) is 0 Å². The Morgan fingerprint density at radius 1 is 1.04 bits per heavy atom. The lowest BCUT2D eigenvalue weighted by molar-refractivity contribution is -0.140. The molecule has 0 aliphatic carbocycles. The lowest BCUT2D eigenvalue weighted by Gasteiger charge is -2.11. The Balaban J connectivity index is 1.95. The Kier molecular flexibility index (Phi) is 5.72. The second-order valence-electron chi connectivity index (χ2n) is 5.19. The molecule has 0 N–H and O–H groups in total. The number of esters is 1. The van der Waals surface area contributed by atoms with Crippen molar-refractivity contribution in [2.24, 2.45) is 0 Å². The SMILES string of the molecule is Cc1ccc(C(=O)[C@H](C)OC(=O)/C=C/c2ccc(Cl)cc2)cc1. The van der Waals surface area contributed by atoms with Crippen molar-refractivity contribution in [2.45, 2.75) is 20.0 Å². The molecule has 0 aliphatic rings. The number of carbonyl (C=O) groups is 2. The maximum absolute atomic E-state index is 12.2. The highest BCUT2D eigenvalue weighted by Crippen LogP contribution is 2.12. The molecule has 0 radical (unpaired) electrons. The molecular formula is C19H17ClO3. The van der Waals surface area contributed by atoms with E-state index < -0.39 is 12.1 Å². The number of ether oxygens (including phenoxy) is 1. The van der Waals surface area contributed by atoms with Gasteiger partial charge in [-0.05, 0) is 37.6 Å². The molecule has 0 saturated carbocycles. The van der Waals surface area contributed by atoms with Crippen LogP contribution in [0.3, 0.4) is 0 Å². The average molecular weight is 329 g/mol. The van der Waals surface area contributed by atoms with Crippen molar-refractivity contribution in [3.05, 3.63) is 76.3 Å². The lowest BCUT2D eigenvalue weighted by Crippen LogP contribution is -2.23. The summed E-state index contributed by atoms with van der Waals surface area (Å²) in [7, 11) is 0. The summed E-state index contributed by atoms with van der Waals surface area (Å²) >= 11 is 5.79. The van der Waals surface area contributed by atoms with Crippen LogP contribution in [0.1, 0.15) is 28.4 Å². The van der Waals surface area contributed by atoms with E-state index in [0.717, 1.165) is 11.1 Å². The van der Waals surface area contributed by atoms with Crippen molar-refractivity contribution in [1.82, 2.24) is 0 Å². The van der Waals surface area contributed by atoms with Gasteiger partial charge in [0, 0.05) is 16.7 Å². The van der Waals surface area contributed by atoms with Crippen molar-refractivity contribution in [3.8, 4) is 0 Å². The van der Waals surface area contributed by atoms with E-state index in [9.17, 15) is 9.59 Å². The van der Waals surface area contributed by atoms with E-state index >= 15 is 0 Å². The van der Waals surface area contributed by atoms with Gasteiger partial charge in [-0.3, -0.25) is 4.79 Å². The Labute approximate surface area is 140 Å². The molecule has 0 heterocycles. The molecule has 4 heteroatoms. The number of hydrogen-bond donors (Lipinski definition) is 0. The van der Waals surface area contributed by atoms with Gasteiger partial charge in [-0.2, -0.15) is 0 Å².